The van der Waals surface area contributed by atoms with E-state index in [0.29, 0.717) is 11.7 Å². The summed E-state index contributed by atoms with van der Waals surface area (Å²) in [5.74, 6) is 3.14. The van der Waals surface area contributed by atoms with Crippen LogP contribution in [0, 0.1) is 0 Å². The number of H-pyrrole nitrogens is 1. The monoisotopic (exact) mass is 251 g/mol. The molecule has 90 valence electrons. The molecule has 3 heterocycles. The summed E-state index contributed by atoms with van der Waals surface area (Å²) in [6.45, 7) is 0. The normalized spacial score (nSPS) is 20.6. The molecule has 0 bridgehead atoms. The smallest absolute Gasteiger partial charge is 0.348 e. The van der Waals surface area contributed by atoms with Gasteiger partial charge in [0.2, 0.25) is 0 Å². The van der Waals surface area contributed by atoms with Gasteiger partial charge < -0.3 is 5.32 Å². The van der Waals surface area contributed by atoms with E-state index in [1.165, 1.54) is 29.3 Å². The molecule has 0 amide bonds. The Balaban J connectivity index is 1.82. The molecule has 0 spiro atoms. The van der Waals surface area contributed by atoms with Crippen LogP contribution in [-0.2, 0) is 0 Å². The highest BCUT2D eigenvalue weighted by Gasteiger charge is 2.14. The minimum Gasteiger partial charge on any atom is -0.366 e. The second kappa shape index (κ2) is 4.40. The molecule has 1 saturated heterocycles. The first-order chi connectivity index (χ1) is 8.33. The van der Waals surface area contributed by atoms with Gasteiger partial charge in [-0.15, -0.1) is 0 Å². The summed E-state index contributed by atoms with van der Waals surface area (Å²) in [4.78, 5) is 15.5. The summed E-state index contributed by atoms with van der Waals surface area (Å²) < 4.78 is 1.39. The molecule has 7 heteroatoms. The average molecular weight is 251 g/mol. The van der Waals surface area contributed by atoms with Crippen molar-refractivity contribution >= 4 is 23.2 Å². The Hall–Kier alpha value is -1.50. The predicted molar refractivity (Wildman–Crippen MR) is 67.6 cm³/mol. The summed E-state index contributed by atoms with van der Waals surface area (Å²) in [6.07, 6.45) is 3.92. The zero-order valence-electron chi connectivity index (χ0n) is 9.22. The molecule has 6 nitrogen and oxygen atoms in total. The van der Waals surface area contributed by atoms with Crippen LogP contribution < -0.4 is 11.0 Å². The molecule has 2 aromatic heterocycles. The fourth-order valence-corrected chi connectivity index (χ4v) is 3.02. The van der Waals surface area contributed by atoms with Crippen molar-refractivity contribution in [3.8, 4) is 0 Å². The van der Waals surface area contributed by atoms with Crippen molar-refractivity contribution in [3.05, 3.63) is 22.9 Å². The van der Waals surface area contributed by atoms with E-state index in [4.69, 9.17) is 0 Å². The minimum atomic E-state index is -0.257. The van der Waals surface area contributed by atoms with E-state index in [1.54, 1.807) is 6.07 Å². The molecular formula is C10H13N5OS. The topological polar surface area (TPSA) is 75.1 Å². The summed E-state index contributed by atoms with van der Waals surface area (Å²) >= 11 is 1.96. The van der Waals surface area contributed by atoms with Crippen LogP contribution in [0.25, 0.3) is 5.65 Å². The Labute approximate surface area is 102 Å². The second-order valence-corrected chi connectivity index (χ2v) is 5.24. The van der Waals surface area contributed by atoms with Crippen LogP contribution in [0.15, 0.2) is 17.2 Å². The highest BCUT2D eigenvalue weighted by Crippen LogP contribution is 2.20. The van der Waals surface area contributed by atoms with Crippen LogP contribution in [-0.4, -0.2) is 37.1 Å². The first-order valence-corrected chi connectivity index (χ1v) is 6.75. The van der Waals surface area contributed by atoms with Gasteiger partial charge in [0.1, 0.15) is 12.1 Å². The molecule has 0 saturated carbocycles. The molecular weight excluding hydrogens is 238 g/mol. The second-order valence-electron chi connectivity index (χ2n) is 4.09. The molecule has 0 aromatic carbocycles. The fraction of sp³-hybridized carbons (Fsp3) is 0.500. The summed E-state index contributed by atoms with van der Waals surface area (Å²) in [6, 6.07) is 2.26. The van der Waals surface area contributed by atoms with E-state index in [2.05, 4.69) is 20.5 Å². The van der Waals surface area contributed by atoms with E-state index in [0.717, 1.165) is 11.6 Å². The zero-order valence-corrected chi connectivity index (χ0v) is 10.0. The number of thioether (sulfide) groups is 1. The molecule has 2 N–H and O–H groups in total. The Kier molecular flexibility index (Phi) is 2.76. The lowest BCUT2D eigenvalue weighted by Gasteiger charge is -2.22. The van der Waals surface area contributed by atoms with Crippen LogP contribution in [0.5, 0.6) is 0 Å². The van der Waals surface area contributed by atoms with Gasteiger partial charge in [-0.25, -0.2) is 19.3 Å². The predicted octanol–water partition coefficient (Wildman–Crippen LogP) is 0.725. The standard InChI is InChI=1S/C10H13N5OS/c16-10-14-13-9-4-8(11-6-15(9)10)12-7-2-1-3-17-5-7/h4,6-7,12H,1-3,5H2,(H,14,16). The van der Waals surface area contributed by atoms with Crippen molar-refractivity contribution in [1.82, 2.24) is 19.6 Å². The number of hydrogen-bond acceptors (Lipinski definition) is 5. The molecule has 1 aliphatic rings. The largest absolute Gasteiger partial charge is 0.366 e. The number of anilines is 1. The van der Waals surface area contributed by atoms with Crippen molar-refractivity contribution in [2.75, 3.05) is 16.8 Å². The molecule has 2 aromatic rings. The van der Waals surface area contributed by atoms with Crippen molar-refractivity contribution in [2.24, 2.45) is 0 Å². The number of nitrogens with one attached hydrogen (secondary N) is 2. The van der Waals surface area contributed by atoms with Crippen LogP contribution in [0.4, 0.5) is 5.82 Å². The molecule has 3 rings (SSSR count). The van der Waals surface area contributed by atoms with Gasteiger partial charge in [0.05, 0.1) is 0 Å². The summed E-state index contributed by atoms with van der Waals surface area (Å²) in [5, 5.41) is 9.69. The SMILES string of the molecule is O=c1[nH]nc2cc(NC3CCCSC3)ncn12. The van der Waals surface area contributed by atoms with Gasteiger partial charge >= 0.3 is 5.69 Å². The van der Waals surface area contributed by atoms with Crippen molar-refractivity contribution < 1.29 is 0 Å². The lowest BCUT2D eigenvalue weighted by molar-refractivity contribution is 0.682. The van der Waals surface area contributed by atoms with Gasteiger partial charge in [-0.1, -0.05) is 0 Å². The Morgan fingerprint density at radius 1 is 1.59 bits per heavy atom. The third-order valence-electron chi connectivity index (χ3n) is 2.82. The van der Waals surface area contributed by atoms with Gasteiger partial charge in [0.15, 0.2) is 5.65 Å². The third-order valence-corrected chi connectivity index (χ3v) is 4.04. The van der Waals surface area contributed by atoms with Crippen LogP contribution in [0.2, 0.25) is 0 Å². The van der Waals surface area contributed by atoms with Gasteiger partial charge in [-0.3, -0.25) is 0 Å². The zero-order chi connectivity index (χ0) is 11.7. The number of hydrogen-bond donors (Lipinski definition) is 2. The lowest BCUT2D eigenvalue weighted by Crippen LogP contribution is -2.26. The fourth-order valence-electron chi connectivity index (χ4n) is 1.95. The molecule has 1 aliphatic heterocycles. The van der Waals surface area contributed by atoms with E-state index in [-0.39, 0.29) is 5.69 Å². The first-order valence-electron chi connectivity index (χ1n) is 5.60. The number of fused-ring (bicyclic) bond motifs is 1. The molecule has 0 radical (unpaired) electrons. The van der Waals surface area contributed by atoms with Crippen LogP contribution in [0.1, 0.15) is 12.8 Å². The minimum absolute atomic E-state index is 0.257. The van der Waals surface area contributed by atoms with Crippen molar-refractivity contribution in [3.63, 3.8) is 0 Å². The lowest BCUT2D eigenvalue weighted by atomic mass is 10.2. The number of nitrogens with zero attached hydrogens (tertiary/aromatic N) is 3. The highest BCUT2D eigenvalue weighted by atomic mass is 32.2. The van der Waals surface area contributed by atoms with E-state index in [1.807, 2.05) is 11.8 Å². The number of aromatic nitrogens is 4. The Bertz CT molecular complexity index is 571. The summed E-state index contributed by atoms with van der Waals surface area (Å²) in [5.41, 5.74) is 0.336. The number of rotatable bonds is 2. The van der Waals surface area contributed by atoms with Gasteiger partial charge in [-0.2, -0.15) is 16.9 Å². The van der Waals surface area contributed by atoms with Crippen LogP contribution >= 0.6 is 11.8 Å². The van der Waals surface area contributed by atoms with Crippen molar-refractivity contribution in [2.45, 2.75) is 18.9 Å². The van der Waals surface area contributed by atoms with E-state index < -0.39 is 0 Å². The van der Waals surface area contributed by atoms with Crippen molar-refractivity contribution in [1.29, 1.82) is 0 Å². The molecule has 17 heavy (non-hydrogen) atoms. The van der Waals surface area contributed by atoms with Gasteiger partial charge in [0, 0.05) is 17.9 Å². The van der Waals surface area contributed by atoms with E-state index >= 15 is 0 Å². The van der Waals surface area contributed by atoms with Gasteiger partial charge in [-0.05, 0) is 18.6 Å². The molecule has 0 aliphatic carbocycles. The highest BCUT2D eigenvalue weighted by molar-refractivity contribution is 7.99. The molecule has 1 fully saturated rings. The maximum atomic E-state index is 11.3. The molecule has 1 unspecified atom stereocenters. The Morgan fingerprint density at radius 2 is 2.53 bits per heavy atom. The Morgan fingerprint density at radius 3 is 3.35 bits per heavy atom. The van der Waals surface area contributed by atoms with Crippen LogP contribution in [0.3, 0.4) is 0 Å². The molecule has 1 atom stereocenters. The maximum Gasteiger partial charge on any atom is 0.348 e. The quantitative estimate of drug-likeness (QED) is 0.823. The maximum absolute atomic E-state index is 11.3. The summed E-state index contributed by atoms with van der Waals surface area (Å²) in [7, 11) is 0. The first kappa shape index (κ1) is 10.6. The number of aromatic amines is 1. The van der Waals surface area contributed by atoms with Gasteiger partial charge in [0.25, 0.3) is 0 Å². The average Bonchev–Trinajstić information content (AvgIpc) is 2.72. The third kappa shape index (κ3) is 2.14. The van der Waals surface area contributed by atoms with E-state index in [9.17, 15) is 4.79 Å².